The molecule has 0 N–H and O–H groups in total. The van der Waals surface area contributed by atoms with Crippen LogP contribution in [-0.4, -0.2) is 0 Å². The molecule has 0 saturated carbocycles. The molecule has 0 aliphatic rings. The Morgan fingerprint density at radius 1 is 0.722 bits per heavy atom. The molecule has 0 saturated heterocycles. The average molecular weight is 299 g/mol. The van der Waals surface area contributed by atoms with Gasteiger partial charge in [-0.15, -0.1) is 0 Å². The molecule has 0 atom stereocenters. The first-order valence-electron chi connectivity index (χ1n) is 5.75. The van der Waals surface area contributed by atoms with Crippen molar-refractivity contribution in [2.45, 2.75) is 0 Å². The zero-order valence-corrected chi connectivity index (χ0v) is 11.2. The third kappa shape index (κ3) is 2.12. The number of halogens is 1. The number of rotatable bonds is 2. The zero-order valence-electron chi connectivity index (χ0n) is 9.64. The largest absolute Gasteiger partial charge is 0.456 e. The van der Waals surface area contributed by atoms with E-state index in [9.17, 15) is 0 Å². The quantitative estimate of drug-likeness (QED) is 0.616. The van der Waals surface area contributed by atoms with Gasteiger partial charge in [-0.05, 0) is 44.9 Å². The van der Waals surface area contributed by atoms with Crippen molar-refractivity contribution in [2.24, 2.45) is 0 Å². The van der Waals surface area contributed by atoms with Gasteiger partial charge in [0.2, 0.25) is 0 Å². The summed E-state index contributed by atoms with van der Waals surface area (Å²) in [4.78, 5) is 0. The summed E-state index contributed by atoms with van der Waals surface area (Å²) in [6, 6.07) is 22.1. The molecule has 0 heterocycles. The second-order valence-corrected chi connectivity index (χ2v) is 4.81. The first-order chi connectivity index (χ1) is 8.84. The molecule has 88 valence electrons. The highest BCUT2D eigenvalue weighted by Crippen LogP contribution is 2.35. The first-order valence-corrected chi connectivity index (χ1v) is 6.54. The Balaban J connectivity index is 2.05. The van der Waals surface area contributed by atoms with E-state index in [1.165, 1.54) is 5.39 Å². The maximum Gasteiger partial charge on any atom is 0.142 e. The van der Waals surface area contributed by atoms with Crippen molar-refractivity contribution in [1.82, 2.24) is 0 Å². The van der Waals surface area contributed by atoms with E-state index in [1.54, 1.807) is 0 Å². The summed E-state index contributed by atoms with van der Waals surface area (Å²) < 4.78 is 6.86. The Kier molecular flexibility index (Phi) is 3.03. The normalized spacial score (nSPS) is 10.5. The minimum Gasteiger partial charge on any atom is -0.456 e. The van der Waals surface area contributed by atoms with Gasteiger partial charge in [-0.3, -0.25) is 0 Å². The van der Waals surface area contributed by atoms with Crippen molar-refractivity contribution in [1.29, 1.82) is 0 Å². The lowest BCUT2D eigenvalue weighted by Gasteiger charge is -2.09. The predicted molar refractivity (Wildman–Crippen MR) is 78.2 cm³/mol. The summed E-state index contributed by atoms with van der Waals surface area (Å²) >= 11 is 3.61. The Morgan fingerprint density at radius 3 is 2.28 bits per heavy atom. The molecule has 0 amide bonds. The molecule has 0 fully saturated rings. The van der Waals surface area contributed by atoms with E-state index in [4.69, 9.17) is 4.74 Å². The van der Waals surface area contributed by atoms with E-state index in [-0.39, 0.29) is 0 Å². The van der Waals surface area contributed by atoms with Crippen molar-refractivity contribution in [3.8, 4) is 11.5 Å². The highest BCUT2D eigenvalue weighted by molar-refractivity contribution is 9.10. The van der Waals surface area contributed by atoms with E-state index in [0.717, 1.165) is 21.4 Å². The van der Waals surface area contributed by atoms with Gasteiger partial charge in [0.15, 0.2) is 0 Å². The van der Waals surface area contributed by atoms with Crippen molar-refractivity contribution in [3.63, 3.8) is 0 Å². The van der Waals surface area contributed by atoms with Crippen LogP contribution in [0.5, 0.6) is 11.5 Å². The van der Waals surface area contributed by atoms with Crippen molar-refractivity contribution in [3.05, 3.63) is 71.2 Å². The Bertz CT molecular complexity index is 677. The molecule has 0 aliphatic carbocycles. The van der Waals surface area contributed by atoms with Crippen LogP contribution >= 0.6 is 15.9 Å². The summed E-state index contributed by atoms with van der Waals surface area (Å²) in [6.45, 7) is 0. The molecule has 0 aliphatic heterocycles. The van der Waals surface area contributed by atoms with Gasteiger partial charge in [0.05, 0.1) is 4.47 Å². The lowest BCUT2D eigenvalue weighted by Crippen LogP contribution is -1.86. The summed E-state index contributed by atoms with van der Waals surface area (Å²) in [5.41, 5.74) is 0. The zero-order chi connectivity index (χ0) is 12.4. The van der Waals surface area contributed by atoms with Gasteiger partial charge in [0, 0.05) is 0 Å². The summed E-state index contributed by atoms with van der Waals surface area (Å²) in [6.07, 6.45) is 0. The fourth-order valence-electron chi connectivity index (χ4n) is 1.91. The van der Waals surface area contributed by atoms with Crippen LogP contribution in [0.1, 0.15) is 0 Å². The lowest BCUT2D eigenvalue weighted by molar-refractivity contribution is 0.480. The molecule has 2 heteroatoms. The fraction of sp³-hybridized carbons (Fsp3) is 0. The number of ether oxygens (including phenoxy) is 1. The average Bonchev–Trinajstić information content (AvgIpc) is 2.43. The molecule has 0 bridgehead atoms. The predicted octanol–water partition coefficient (Wildman–Crippen LogP) is 5.39. The second kappa shape index (κ2) is 4.83. The third-order valence-electron chi connectivity index (χ3n) is 2.80. The van der Waals surface area contributed by atoms with E-state index in [2.05, 4.69) is 34.1 Å². The maximum atomic E-state index is 5.87. The van der Waals surface area contributed by atoms with Crippen LogP contribution in [0, 0.1) is 0 Å². The summed E-state index contributed by atoms with van der Waals surface area (Å²) in [5, 5.41) is 2.36. The van der Waals surface area contributed by atoms with Gasteiger partial charge in [0.25, 0.3) is 0 Å². The van der Waals surface area contributed by atoms with Gasteiger partial charge in [-0.2, -0.15) is 0 Å². The minimum absolute atomic E-state index is 0.833. The summed E-state index contributed by atoms with van der Waals surface area (Å²) in [7, 11) is 0. The first kappa shape index (κ1) is 11.3. The third-order valence-corrected chi connectivity index (χ3v) is 3.62. The van der Waals surface area contributed by atoms with E-state index < -0.39 is 0 Å². The molecule has 1 nitrogen and oxygen atoms in total. The van der Waals surface area contributed by atoms with Gasteiger partial charge in [-0.1, -0.05) is 48.5 Å². The molecule has 0 unspecified atom stereocenters. The van der Waals surface area contributed by atoms with Crippen LogP contribution in [0.4, 0.5) is 0 Å². The Labute approximate surface area is 114 Å². The van der Waals surface area contributed by atoms with Crippen LogP contribution in [0.25, 0.3) is 10.8 Å². The van der Waals surface area contributed by atoms with Gasteiger partial charge in [-0.25, -0.2) is 0 Å². The molecule has 0 aromatic heterocycles. The van der Waals surface area contributed by atoms with Crippen molar-refractivity contribution in [2.75, 3.05) is 0 Å². The van der Waals surface area contributed by atoms with Crippen molar-refractivity contribution >= 4 is 26.7 Å². The standard InChI is InChI=1S/C16H11BrO/c17-16-14-9-5-4-6-12(14)10-11-15(16)18-13-7-2-1-3-8-13/h1-11H. The van der Waals surface area contributed by atoms with E-state index >= 15 is 0 Å². The molecule has 0 spiro atoms. The molecule has 3 rings (SSSR count). The second-order valence-electron chi connectivity index (χ2n) is 4.01. The number of para-hydroxylation sites is 1. The molecular formula is C16H11BrO. The highest BCUT2D eigenvalue weighted by atomic mass is 79.9. The molecular weight excluding hydrogens is 288 g/mol. The minimum atomic E-state index is 0.833. The van der Waals surface area contributed by atoms with E-state index in [0.29, 0.717) is 0 Å². The number of hydrogen-bond acceptors (Lipinski definition) is 1. The topological polar surface area (TPSA) is 9.23 Å². The SMILES string of the molecule is Brc1c(Oc2ccccc2)ccc2ccccc12. The molecule has 3 aromatic carbocycles. The summed E-state index contributed by atoms with van der Waals surface area (Å²) in [5.74, 6) is 1.67. The van der Waals surface area contributed by atoms with Crippen LogP contribution in [-0.2, 0) is 0 Å². The van der Waals surface area contributed by atoms with Gasteiger partial charge < -0.3 is 4.74 Å². The van der Waals surface area contributed by atoms with Crippen LogP contribution in [0.15, 0.2) is 71.2 Å². The number of hydrogen-bond donors (Lipinski definition) is 0. The fourth-order valence-corrected chi connectivity index (χ4v) is 2.48. The molecule has 18 heavy (non-hydrogen) atoms. The number of benzene rings is 3. The van der Waals surface area contributed by atoms with Gasteiger partial charge >= 0.3 is 0 Å². The van der Waals surface area contributed by atoms with Crippen LogP contribution in [0.2, 0.25) is 0 Å². The van der Waals surface area contributed by atoms with Crippen LogP contribution < -0.4 is 4.74 Å². The van der Waals surface area contributed by atoms with Crippen molar-refractivity contribution < 1.29 is 4.74 Å². The van der Waals surface area contributed by atoms with Gasteiger partial charge in [0.1, 0.15) is 11.5 Å². The van der Waals surface area contributed by atoms with Crippen LogP contribution in [0.3, 0.4) is 0 Å². The maximum absolute atomic E-state index is 5.87. The Morgan fingerprint density at radius 2 is 1.44 bits per heavy atom. The number of fused-ring (bicyclic) bond motifs is 1. The lowest BCUT2D eigenvalue weighted by atomic mass is 10.1. The molecule has 3 aromatic rings. The Hall–Kier alpha value is -1.80. The molecule has 0 radical (unpaired) electrons. The highest BCUT2D eigenvalue weighted by Gasteiger charge is 2.06. The smallest absolute Gasteiger partial charge is 0.142 e. The monoisotopic (exact) mass is 298 g/mol. The van der Waals surface area contributed by atoms with E-state index in [1.807, 2.05) is 48.5 Å².